The highest BCUT2D eigenvalue weighted by atomic mass is 35.5. The van der Waals surface area contributed by atoms with E-state index in [-0.39, 0.29) is 32.7 Å². The normalized spacial score (nSPS) is 18.1. The number of nitro groups is 1. The monoisotopic (exact) mass is 571 g/mol. The Morgan fingerprint density at radius 2 is 1.44 bits per heavy atom. The van der Waals surface area contributed by atoms with E-state index in [9.17, 15) is 24.5 Å². The fourth-order valence-electron chi connectivity index (χ4n) is 4.99. The number of anilines is 1. The summed E-state index contributed by atoms with van der Waals surface area (Å²) in [5, 5.41) is 12.1. The summed E-state index contributed by atoms with van der Waals surface area (Å²) in [6.07, 6.45) is 0. The molecule has 0 unspecified atom stereocenters. The first-order valence-corrected chi connectivity index (χ1v) is 12.1. The molecule has 0 spiro atoms. The quantitative estimate of drug-likeness (QED) is 0.173. The Balaban J connectivity index is 1.68. The van der Waals surface area contributed by atoms with Crippen molar-refractivity contribution in [3.8, 4) is 17.2 Å². The predicted molar refractivity (Wildman–Crippen MR) is 140 cm³/mol. The van der Waals surface area contributed by atoms with Crippen LogP contribution in [0.5, 0.6) is 17.2 Å². The number of nitro benzene ring substituents is 1. The van der Waals surface area contributed by atoms with Crippen molar-refractivity contribution in [3.05, 3.63) is 85.4 Å². The van der Waals surface area contributed by atoms with Gasteiger partial charge in [-0.2, -0.15) is 0 Å². The molecule has 39 heavy (non-hydrogen) atoms. The SMILES string of the molecule is COc1cc([C@@H]2[C@H](N3C(=O)c4cccc([N+](=O)[O-])c4C3=O)C(=O)N2c2cc(Cl)cc(Cl)c2)cc(OC)c1OC. The van der Waals surface area contributed by atoms with Crippen molar-refractivity contribution >= 4 is 52.3 Å². The van der Waals surface area contributed by atoms with Gasteiger partial charge in [0.1, 0.15) is 11.6 Å². The maximum atomic E-state index is 13.7. The summed E-state index contributed by atoms with van der Waals surface area (Å²) in [5.74, 6) is -1.55. The molecule has 0 bridgehead atoms. The van der Waals surface area contributed by atoms with Crippen LogP contribution in [-0.2, 0) is 4.79 Å². The molecule has 5 rings (SSSR count). The molecule has 1 fully saturated rings. The second-order valence-electron chi connectivity index (χ2n) is 8.62. The van der Waals surface area contributed by atoms with Crippen molar-refractivity contribution in [1.29, 1.82) is 0 Å². The van der Waals surface area contributed by atoms with E-state index in [4.69, 9.17) is 37.4 Å². The molecule has 2 heterocycles. The molecule has 200 valence electrons. The summed E-state index contributed by atoms with van der Waals surface area (Å²) in [6, 6.07) is 9.15. The Kier molecular flexibility index (Phi) is 6.57. The first-order chi connectivity index (χ1) is 18.6. The Morgan fingerprint density at radius 3 is 1.97 bits per heavy atom. The summed E-state index contributed by atoms with van der Waals surface area (Å²) < 4.78 is 16.3. The number of rotatable bonds is 7. The minimum Gasteiger partial charge on any atom is -0.493 e. The number of fused-ring (bicyclic) bond motifs is 1. The molecule has 0 N–H and O–H groups in total. The number of amides is 3. The van der Waals surface area contributed by atoms with Gasteiger partial charge in [-0.05, 0) is 42.0 Å². The van der Waals surface area contributed by atoms with Gasteiger partial charge >= 0.3 is 0 Å². The van der Waals surface area contributed by atoms with E-state index in [0.717, 1.165) is 11.0 Å². The first kappa shape index (κ1) is 26.3. The van der Waals surface area contributed by atoms with Crippen LogP contribution >= 0.6 is 23.2 Å². The molecule has 3 aromatic rings. The van der Waals surface area contributed by atoms with Gasteiger partial charge in [0, 0.05) is 21.8 Å². The van der Waals surface area contributed by atoms with E-state index in [1.54, 1.807) is 12.1 Å². The van der Waals surface area contributed by atoms with Crippen LogP contribution < -0.4 is 19.1 Å². The number of hydrogen-bond acceptors (Lipinski definition) is 8. The molecule has 0 saturated carbocycles. The molecule has 0 aromatic heterocycles. The van der Waals surface area contributed by atoms with Crippen LogP contribution in [0.3, 0.4) is 0 Å². The number of hydrogen-bond donors (Lipinski definition) is 0. The molecule has 3 amide bonds. The van der Waals surface area contributed by atoms with Crippen molar-refractivity contribution in [2.24, 2.45) is 0 Å². The van der Waals surface area contributed by atoms with Gasteiger partial charge in [-0.25, -0.2) is 0 Å². The highest BCUT2D eigenvalue weighted by molar-refractivity contribution is 6.35. The van der Waals surface area contributed by atoms with Gasteiger partial charge in [0.05, 0.1) is 37.9 Å². The maximum absolute atomic E-state index is 13.7. The Labute approximate surface area is 231 Å². The highest BCUT2D eigenvalue weighted by Crippen LogP contribution is 2.49. The zero-order valence-corrected chi connectivity index (χ0v) is 22.1. The number of halogens is 2. The van der Waals surface area contributed by atoms with Gasteiger partial charge in [-0.1, -0.05) is 29.3 Å². The fraction of sp³-hybridized carbons (Fsp3) is 0.192. The standard InChI is InChI=1S/C26H19Cl2N3O8/c1-37-18-7-12(8-19(38-2)23(18)39-3)21-22(26(34)29(21)15-10-13(27)9-14(28)11-15)30-24(32)16-5-4-6-17(31(35)36)20(16)25(30)33/h4-11,21-22H,1-3H3/t21-,22+/m1/s1. The second kappa shape index (κ2) is 9.75. The summed E-state index contributed by atoms with van der Waals surface area (Å²) in [7, 11) is 4.27. The van der Waals surface area contributed by atoms with Crippen LogP contribution in [0.2, 0.25) is 10.0 Å². The lowest BCUT2D eigenvalue weighted by Crippen LogP contribution is -2.67. The largest absolute Gasteiger partial charge is 0.493 e. The fourth-order valence-corrected chi connectivity index (χ4v) is 5.50. The third-order valence-corrected chi connectivity index (χ3v) is 7.06. The second-order valence-corrected chi connectivity index (χ2v) is 9.49. The lowest BCUT2D eigenvalue weighted by atomic mass is 9.86. The lowest BCUT2D eigenvalue weighted by molar-refractivity contribution is -0.385. The van der Waals surface area contributed by atoms with Crippen molar-refractivity contribution < 1.29 is 33.5 Å². The minimum atomic E-state index is -1.35. The third kappa shape index (κ3) is 4.01. The highest BCUT2D eigenvalue weighted by Gasteiger charge is 2.58. The van der Waals surface area contributed by atoms with Crippen LogP contribution in [0.15, 0.2) is 48.5 Å². The Hall–Kier alpha value is -4.35. The van der Waals surface area contributed by atoms with Crippen molar-refractivity contribution in [2.75, 3.05) is 26.2 Å². The number of imide groups is 1. The number of methoxy groups -OCH3 is 3. The molecule has 2 aliphatic rings. The van der Waals surface area contributed by atoms with E-state index >= 15 is 0 Å². The van der Waals surface area contributed by atoms with Gasteiger partial charge in [0.25, 0.3) is 23.4 Å². The van der Waals surface area contributed by atoms with Crippen LogP contribution in [0.25, 0.3) is 0 Å². The van der Waals surface area contributed by atoms with E-state index < -0.39 is 40.4 Å². The molecular formula is C26H19Cl2N3O8. The van der Waals surface area contributed by atoms with Gasteiger partial charge in [-0.3, -0.25) is 29.4 Å². The number of carbonyl (C=O) groups is 3. The number of carbonyl (C=O) groups excluding carboxylic acids is 3. The maximum Gasteiger partial charge on any atom is 0.282 e. The van der Waals surface area contributed by atoms with Crippen LogP contribution in [0.4, 0.5) is 11.4 Å². The Morgan fingerprint density at radius 1 is 0.821 bits per heavy atom. The number of nitrogens with zero attached hydrogens (tertiary/aromatic N) is 3. The van der Waals surface area contributed by atoms with Gasteiger partial charge in [-0.15, -0.1) is 0 Å². The number of β-lactam (4-membered cyclic amide) rings is 1. The zero-order valence-electron chi connectivity index (χ0n) is 20.6. The molecule has 1 saturated heterocycles. The molecule has 3 aromatic carbocycles. The van der Waals surface area contributed by atoms with Crippen molar-refractivity contribution in [3.63, 3.8) is 0 Å². The lowest BCUT2D eigenvalue weighted by Gasteiger charge is -2.49. The van der Waals surface area contributed by atoms with Gasteiger partial charge < -0.3 is 19.1 Å². The topological polar surface area (TPSA) is 129 Å². The molecule has 0 radical (unpaired) electrons. The van der Waals surface area contributed by atoms with Crippen molar-refractivity contribution in [1.82, 2.24) is 4.90 Å². The summed E-state index contributed by atoms with van der Waals surface area (Å²) >= 11 is 12.4. The van der Waals surface area contributed by atoms with E-state index in [2.05, 4.69) is 0 Å². The average Bonchev–Trinajstić information content (AvgIpc) is 3.15. The van der Waals surface area contributed by atoms with Crippen LogP contribution in [0.1, 0.15) is 32.3 Å². The smallest absolute Gasteiger partial charge is 0.282 e. The van der Waals surface area contributed by atoms with Crippen molar-refractivity contribution in [2.45, 2.75) is 12.1 Å². The van der Waals surface area contributed by atoms with Crippen LogP contribution in [-0.4, -0.2) is 54.9 Å². The third-order valence-electron chi connectivity index (χ3n) is 6.62. The molecule has 13 heteroatoms. The van der Waals surface area contributed by atoms with E-state index in [1.165, 1.54) is 56.6 Å². The predicted octanol–water partition coefficient (Wildman–Crippen LogP) is 4.68. The summed E-state index contributed by atoms with van der Waals surface area (Å²) in [4.78, 5) is 53.6. The molecule has 2 atom stereocenters. The molecule has 11 nitrogen and oxygen atoms in total. The van der Waals surface area contributed by atoms with Crippen LogP contribution in [0, 0.1) is 10.1 Å². The van der Waals surface area contributed by atoms with Gasteiger partial charge in [0.2, 0.25) is 5.75 Å². The Bertz CT molecular complexity index is 1530. The van der Waals surface area contributed by atoms with E-state index in [0.29, 0.717) is 17.0 Å². The average molecular weight is 572 g/mol. The van der Waals surface area contributed by atoms with E-state index in [1.807, 2.05) is 0 Å². The minimum absolute atomic E-state index is 0.158. The number of benzene rings is 3. The number of ether oxygens (including phenoxy) is 3. The molecular weight excluding hydrogens is 553 g/mol. The zero-order chi connectivity index (χ0) is 28.2. The molecule has 2 aliphatic heterocycles. The van der Waals surface area contributed by atoms with Gasteiger partial charge in [0.15, 0.2) is 11.5 Å². The summed E-state index contributed by atoms with van der Waals surface area (Å²) in [6.45, 7) is 0. The molecule has 0 aliphatic carbocycles. The summed E-state index contributed by atoms with van der Waals surface area (Å²) in [5.41, 5.74) is -0.308. The first-order valence-electron chi connectivity index (χ1n) is 11.4.